The molecule has 1 amide bonds. The second kappa shape index (κ2) is 9.85. The first-order valence-corrected chi connectivity index (χ1v) is 10.5. The predicted molar refractivity (Wildman–Crippen MR) is 118 cm³/mol. The summed E-state index contributed by atoms with van der Waals surface area (Å²) in [6, 6.07) is 14.2. The van der Waals surface area contributed by atoms with Crippen LogP contribution < -0.4 is 19.7 Å². The Morgan fingerprint density at radius 3 is 2.40 bits per heavy atom. The Bertz CT molecular complexity index is 854. The first-order valence-electron chi connectivity index (χ1n) is 10.5. The summed E-state index contributed by atoms with van der Waals surface area (Å²) in [4.78, 5) is 14.7. The van der Waals surface area contributed by atoms with E-state index >= 15 is 0 Å². The van der Waals surface area contributed by atoms with Crippen molar-refractivity contribution in [3.63, 3.8) is 0 Å². The SMILES string of the molecule is CCOC(=O)N1c2cc(OC)c(OC)cc2C(NCc2ccccc2)CC1C(C)C. The standard InChI is InChI=1S/C24H32N2O4/c1-6-30-24(27)26-20(16(2)3)13-19(25-15-17-10-8-7-9-11-17)18-12-22(28-4)23(29-5)14-21(18)26/h7-12,14,16,19-20,25H,6,13,15H2,1-5H3. The number of carbonyl (C=O) groups is 1. The molecule has 0 saturated carbocycles. The molecule has 1 aliphatic rings. The lowest BCUT2D eigenvalue weighted by Crippen LogP contribution is -2.49. The van der Waals surface area contributed by atoms with E-state index in [1.807, 2.05) is 37.3 Å². The van der Waals surface area contributed by atoms with Crippen LogP contribution in [-0.2, 0) is 11.3 Å². The van der Waals surface area contributed by atoms with Crippen molar-refractivity contribution in [2.75, 3.05) is 25.7 Å². The van der Waals surface area contributed by atoms with E-state index in [0.29, 0.717) is 18.1 Å². The van der Waals surface area contributed by atoms with Crippen molar-refractivity contribution in [2.24, 2.45) is 5.92 Å². The van der Waals surface area contributed by atoms with E-state index in [2.05, 4.69) is 31.3 Å². The van der Waals surface area contributed by atoms with Crippen molar-refractivity contribution in [3.8, 4) is 11.5 Å². The van der Waals surface area contributed by atoms with Crippen molar-refractivity contribution in [1.29, 1.82) is 0 Å². The minimum atomic E-state index is -0.328. The van der Waals surface area contributed by atoms with Crippen molar-refractivity contribution in [3.05, 3.63) is 53.6 Å². The molecule has 6 heteroatoms. The van der Waals surface area contributed by atoms with Crippen LogP contribution in [0.2, 0.25) is 0 Å². The third-order valence-corrected chi connectivity index (χ3v) is 5.61. The lowest BCUT2D eigenvalue weighted by molar-refractivity contribution is 0.152. The Morgan fingerprint density at radius 2 is 1.80 bits per heavy atom. The number of rotatable bonds is 7. The molecule has 1 aliphatic heterocycles. The molecule has 2 atom stereocenters. The van der Waals surface area contributed by atoms with Gasteiger partial charge in [-0.1, -0.05) is 44.2 Å². The van der Waals surface area contributed by atoms with Gasteiger partial charge in [-0.3, -0.25) is 4.90 Å². The highest BCUT2D eigenvalue weighted by Gasteiger charge is 2.39. The molecule has 0 fully saturated rings. The number of benzene rings is 2. The summed E-state index contributed by atoms with van der Waals surface area (Å²) >= 11 is 0. The second-order valence-corrected chi connectivity index (χ2v) is 7.80. The molecule has 0 saturated heterocycles. The van der Waals surface area contributed by atoms with Gasteiger partial charge in [-0.05, 0) is 36.5 Å². The summed E-state index contributed by atoms with van der Waals surface area (Å²) in [7, 11) is 3.23. The van der Waals surface area contributed by atoms with Gasteiger partial charge in [0.25, 0.3) is 0 Å². The molecule has 2 unspecified atom stereocenters. The summed E-state index contributed by atoms with van der Waals surface area (Å²) in [6.07, 6.45) is 0.456. The van der Waals surface area contributed by atoms with Gasteiger partial charge in [0.15, 0.2) is 11.5 Å². The maximum Gasteiger partial charge on any atom is 0.414 e. The quantitative estimate of drug-likeness (QED) is 0.699. The van der Waals surface area contributed by atoms with Crippen molar-refractivity contribution in [2.45, 2.75) is 45.8 Å². The largest absolute Gasteiger partial charge is 0.493 e. The molecule has 0 bridgehead atoms. The van der Waals surface area contributed by atoms with Crippen LogP contribution in [-0.4, -0.2) is 33.0 Å². The number of hydrogen-bond acceptors (Lipinski definition) is 5. The minimum Gasteiger partial charge on any atom is -0.493 e. The van der Waals surface area contributed by atoms with Crippen molar-refractivity contribution < 1.29 is 19.0 Å². The van der Waals surface area contributed by atoms with Crippen molar-refractivity contribution >= 4 is 11.8 Å². The minimum absolute atomic E-state index is 0.00271. The number of carbonyl (C=O) groups excluding carboxylic acids is 1. The van der Waals surface area contributed by atoms with Gasteiger partial charge in [0.2, 0.25) is 0 Å². The maximum absolute atomic E-state index is 12.9. The average Bonchev–Trinajstić information content (AvgIpc) is 2.76. The number of hydrogen-bond donors (Lipinski definition) is 1. The van der Waals surface area contributed by atoms with Crippen LogP contribution in [0.25, 0.3) is 0 Å². The highest BCUT2D eigenvalue weighted by atomic mass is 16.6. The highest BCUT2D eigenvalue weighted by molar-refractivity contribution is 5.91. The fourth-order valence-electron chi connectivity index (χ4n) is 4.05. The summed E-state index contributed by atoms with van der Waals surface area (Å²) < 4.78 is 16.5. The maximum atomic E-state index is 12.9. The molecule has 1 heterocycles. The fraction of sp³-hybridized carbons (Fsp3) is 0.458. The molecule has 6 nitrogen and oxygen atoms in total. The zero-order chi connectivity index (χ0) is 21.7. The molecule has 162 valence electrons. The topological polar surface area (TPSA) is 60.0 Å². The van der Waals surface area contributed by atoms with E-state index < -0.39 is 0 Å². The monoisotopic (exact) mass is 412 g/mol. The summed E-state index contributed by atoms with van der Waals surface area (Å²) in [5, 5.41) is 3.68. The van der Waals surface area contributed by atoms with Gasteiger partial charge in [-0.25, -0.2) is 4.79 Å². The third kappa shape index (κ3) is 4.54. The van der Waals surface area contributed by atoms with E-state index in [4.69, 9.17) is 14.2 Å². The van der Waals surface area contributed by atoms with Gasteiger partial charge in [0, 0.05) is 24.7 Å². The Balaban J connectivity index is 2.04. The number of nitrogens with one attached hydrogen (secondary N) is 1. The smallest absolute Gasteiger partial charge is 0.414 e. The number of amides is 1. The summed E-state index contributed by atoms with van der Waals surface area (Å²) in [6.45, 7) is 7.17. The molecule has 0 aliphatic carbocycles. The van der Waals surface area contributed by atoms with Crippen LogP contribution in [0.15, 0.2) is 42.5 Å². The number of anilines is 1. The first kappa shape index (κ1) is 22.0. The average molecular weight is 413 g/mol. The van der Waals surface area contributed by atoms with E-state index in [0.717, 1.165) is 24.2 Å². The van der Waals surface area contributed by atoms with Crippen LogP contribution in [0.1, 0.15) is 44.4 Å². The Labute approximate surface area is 179 Å². The van der Waals surface area contributed by atoms with Crippen LogP contribution in [0.5, 0.6) is 11.5 Å². The third-order valence-electron chi connectivity index (χ3n) is 5.61. The molecule has 2 aromatic rings. The van der Waals surface area contributed by atoms with Crippen LogP contribution >= 0.6 is 0 Å². The first-order chi connectivity index (χ1) is 14.5. The lowest BCUT2D eigenvalue weighted by atomic mass is 9.85. The summed E-state index contributed by atoms with van der Waals surface area (Å²) in [5.41, 5.74) is 3.03. The normalized spacial score (nSPS) is 18.1. The highest BCUT2D eigenvalue weighted by Crippen LogP contribution is 2.45. The number of nitrogens with zero attached hydrogens (tertiary/aromatic N) is 1. The van der Waals surface area contributed by atoms with E-state index in [9.17, 15) is 4.79 Å². The molecule has 2 aromatic carbocycles. The second-order valence-electron chi connectivity index (χ2n) is 7.80. The fourth-order valence-corrected chi connectivity index (χ4v) is 4.05. The van der Waals surface area contributed by atoms with Gasteiger partial charge in [-0.2, -0.15) is 0 Å². The van der Waals surface area contributed by atoms with Crippen LogP contribution in [0, 0.1) is 5.92 Å². The Morgan fingerprint density at radius 1 is 1.13 bits per heavy atom. The lowest BCUT2D eigenvalue weighted by Gasteiger charge is -2.42. The van der Waals surface area contributed by atoms with Gasteiger partial charge >= 0.3 is 6.09 Å². The molecule has 1 N–H and O–H groups in total. The Kier molecular flexibility index (Phi) is 7.21. The van der Waals surface area contributed by atoms with Gasteiger partial charge in [-0.15, -0.1) is 0 Å². The van der Waals surface area contributed by atoms with E-state index in [-0.39, 0.29) is 24.1 Å². The van der Waals surface area contributed by atoms with Gasteiger partial charge in [0.05, 0.1) is 26.5 Å². The predicted octanol–water partition coefficient (Wildman–Crippen LogP) is 4.93. The molecule has 3 rings (SSSR count). The molecular formula is C24H32N2O4. The molecule has 0 aromatic heterocycles. The van der Waals surface area contributed by atoms with E-state index in [1.54, 1.807) is 19.1 Å². The zero-order valence-electron chi connectivity index (χ0n) is 18.5. The number of ether oxygens (including phenoxy) is 3. The Hall–Kier alpha value is -2.73. The van der Waals surface area contributed by atoms with Crippen molar-refractivity contribution in [1.82, 2.24) is 5.32 Å². The van der Waals surface area contributed by atoms with E-state index in [1.165, 1.54) is 5.56 Å². The molecular weight excluding hydrogens is 380 g/mol. The molecule has 30 heavy (non-hydrogen) atoms. The number of methoxy groups -OCH3 is 2. The summed E-state index contributed by atoms with van der Waals surface area (Å²) in [5.74, 6) is 1.50. The molecule has 0 radical (unpaired) electrons. The van der Waals surface area contributed by atoms with Gasteiger partial charge in [0.1, 0.15) is 0 Å². The number of fused-ring (bicyclic) bond motifs is 1. The zero-order valence-corrected chi connectivity index (χ0v) is 18.5. The van der Waals surface area contributed by atoms with Gasteiger partial charge < -0.3 is 19.5 Å². The van der Waals surface area contributed by atoms with Crippen LogP contribution in [0.4, 0.5) is 10.5 Å². The van der Waals surface area contributed by atoms with Crippen LogP contribution in [0.3, 0.4) is 0 Å². The molecule has 0 spiro atoms.